The maximum absolute atomic E-state index is 12.0. The molecule has 0 radical (unpaired) electrons. The fourth-order valence-corrected chi connectivity index (χ4v) is 3.33. The summed E-state index contributed by atoms with van der Waals surface area (Å²) >= 11 is 0. The van der Waals surface area contributed by atoms with Gasteiger partial charge in [-0.15, -0.1) is 0 Å². The molecule has 1 aliphatic heterocycles. The number of likely N-dealkylation sites (tertiary alicyclic amines) is 1. The molecule has 7 nitrogen and oxygen atoms in total. The number of fused-ring (bicyclic) bond motifs is 1. The van der Waals surface area contributed by atoms with Gasteiger partial charge in [0.25, 0.3) is 0 Å². The summed E-state index contributed by atoms with van der Waals surface area (Å²) in [6.45, 7) is 7.87. The molecule has 152 valence electrons. The topological polar surface area (TPSA) is 79.1 Å². The summed E-state index contributed by atoms with van der Waals surface area (Å²) in [6, 6.07) is 10.2. The van der Waals surface area contributed by atoms with Crippen LogP contribution in [0.2, 0.25) is 0 Å². The number of alkyl carbamates (subject to hydrolysis) is 1. The number of hydrogen-bond donors (Lipinski definition) is 2. The molecule has 0 aliphatic carbocycles. The van der Waals surface area contributed by atoms with E-state index in [4.69, 9.17) is 9.15 Å². The second-order valence-corrected chi connectivity index (χ2v) is 8.05. The van der Waals surface area contributed by atoms with Crippen molar-refractivity contribution in [3.63, 3.8) is 0 Å². The highest BCUT2D eigenvalue weighted by atomic mass is 16.6. The third-order valence-corrected chi connectivity index (χ3v) is 4.55. The van der Waals surface area contributed by atoms with Crippen molar-refractivity contribution >= 4 is 23.0 Å². The van der Waals surface area contributed by atoms with Crippen molar-refractivity contribution < 1.29 is 13.9 Å². The van der Waals surface area contributed by atoms with Crippen LogP contribution in [0.1, 0.15) is 33.0 Å². The van der Waals surface area contributed by atoms with Crippen molar-refractivity contribution in [2.75, 3.05) is 26.7 Å². The SMILES string of the molecule is CN=C(NCCc1cc2ccccc2o1)N1CCC(NC(=O)OC(C)(C)C)C1. The van der Waals surface area contributed by atoms with Gasteiger partial charge in [0.2, 0.25) is 0 Å². The highest BCUT2D eigenvalue weighted by Crippen LogP contribution is 2.19. The van der Waals surface area contributed by atoms with E-state index in [2.05, 4.69) is 32.7 Å². The average molecular weight is 386 g/mol. The molecule has 0 saturated carbocycles. The molecule has 7 heteroatoms. The number of nitrogens with zero attached hydrogens (tertiary/aromatic N) is 2. The highest BCUT2D eigenvalue weighted by Gasteiger charge is 2.27. The van der Waals surface area contributed by atoms with Crippen LogP contribution >= 0.6 is 0 Å². The van der Waals surface area contributed by atoms with Gasteiger partial charge in [-0.3, -0.25) is 4.99 Å². The Hall–Kier alpha value is -2.70. The number of furan rings is 1. The van der Waals surface area contributed by atoms with E-state index in [0.717, 1.165) is 48.6 Å². The summed E-state index contributed by atoms with van der Waals surface area (Å²) in [7, 11) is 1.78. The summed E-state index contributed by atoms with van der Waals surface area (Å²) in [5.74, 6) is 1.79. The van der Waals surface area contributed by atoms with Crippen molar-refractivity contribution in [1.82, 2.24) is 15.5 Å². The minimum Gasteiger partial charge on any atom is -0.461 e. The van der Waals surface area contributed by atoms with Gasteiger partial charge in [0, 0.05) is 38.5 Å². The summed E-state index contributed by atoms with van der Waals surface area (Å²) in [6.07, 6.45) is 1.28. The molecule has 1 fully saturated rings. The lowest BCUT2D eigenvalue weighted by Crippen LogP contribution is -2.44. The minimum atomic E-state index is -0.489. The third-order valence-electron chi connectivity index (χ3n) is 4.55. The van der Waals surface area contributed by atoms with Crippen LogP contribution in [0, 0.1) is 0 Å². The lowest BCUT2D eigenvalue weighted by atomic mass is 10.2. The Morgan fingerprint density at radius 1 is 1.36 bits per heavy atom. The van der Waals surface area contributed by atoms with E-state index >= 15 is 0 Å². The first-order valence-electron chi connectivity index (χ1n) is 9.76. The maximum Gasteiger partial charge on any atom is 0.407 e. The Bertz CT molecular complexity index is 805. The number of carbonyl (C=O) groups excluding carboxylic acids is 1. The Morgan fingerprint density at radius 3 is 2.86 bits per heavy atom. The number of amides is 1. The third kappa shape index (κ3) is 5.41. The van der Waals surface area contributed by atoms with Gasteiger partial charge in [-0.25, -0.2) is 4.79 Å². The number of nitrogens with one attached hydrogen (secondary N) is 2. The lowest BCUT2D eigenvalue weighted by molar-refractivity contribution is 0.0507. The molecule has 1 aliphatic rings. The number of guanidine groups is 1. The van der Waals surface area contributed by atoms with Crippen LogP contribution in [-0.2, 0) is 11.2 Å². The molecule has 2 N–H and O–H groups in total. The number of aliphatic imine (C=N–C) groups is 1. The predicted molar refractivity (Wildman–Crippen MR) is 111 cm³/mol. The predicted octanol–water partition coefficient (Wildman–Crippen LogP) is 3.15. The van der Waals surface area contributed by atoms with Crippen LogP contribution in [0.4, 0.5) is 4.79 Å². The molecular weight excluding hydrogens is 356 g/mol. The van der Waals surface area contributed by atoms with Gasteiger partial charge >= 0.3 is 6.09 Å². The summed E-state index contributed by atoms with van der Waals surface area (Å²) < 4.78 is 11.2. The Morgan fingerprint density at radius 2 is 2.14 bits per heavy atom. The number of para-hydroxylation sites is 1. The van der Waals surface area contributed by atoms with Gasteiger partial charge < -0.3 is 24.7 Å². The van der Waals surface area contributed by atoms with Gasteiger partial charge in [0.05, 0.1) is 6.04 Å². The molecule has 1 aromatic heterocycles. The molecule has 1 aromatic carbocycles. The van der Waals surface area contributed by atoms with Gasteiger partial charge in [0.1, 0.15) is 16.9 Å². The van der Waals surface area contributed by atoms with Crippen LogP contribution in [0.15, 0.2) is 39.7 Å². The van der Waals surface area contributed by atoms with E-state index in [9.17, 15) is 4.79 Å². The van der Waals surface area contributed by atoms with Gasteiger partial charge in [0.15, 0.2) is 5.96 Å². The zero-order valence-electron chi connectivity index (χ0n) is 17.1. The first kappa shape index (κ1) is 20.0. The van der Waals surface area contributed by atoms with Crippen molar-refractivity contribution in [3.05, 3.63) is 36.1 Å². The van der Waals surface area contributed by atoms with Crippen molar-refractivity contribution in [2.45, 2.75) is 45.3 Å². The van der Waals surface area contributed by atoms with Crippen molar-refractivity contribution in [1.29, 1.82) is 0 Å². The van der Waals surface area contributed by atoms with Crippen LogP contribution < -0.4 is 10.6 Å². The van der Waals surface area contributed by atoms with Crippen molar-refractivity contribution in [3.8, 4) is 0 Å². The second-order valence-electron chi connectivity index (χ2n) is 8.05. The van der Waals surface area contributed by atoms with Crippen LogP contribution in [-0.4, -0.2) is 55.3 Å². The second kappa shape index (κ2) is 8.54. The Balaban J connectivity index is 1.46. The molecule has 1 amide bonds. The number of benzene rings is 1. The molecule has 2 aromatic rings. The largest absolute Gasteiger partial charge is 0.461 e. The smallest absolute Gasteiger partial charge is 0.407 e. The number of hydrogen-bond acceptors (Lipinski definition) is 4. The quantitative estimate of drug-likeness (QED) is 0.623. The fraction of sp³-hybridized carbons (Fsp3) is 0.524. The number of carbonyl (C=O) groups is 1. The first-order chi connectivity index (χ1) is 13.3. The van der Waals surface area contributed by atoms with E-state index in [1.165, 1.54) is 0 Å². The molecule has 0 spiro atoms. The monoisotopic (exact) mass is 386 g/mol. The maximum atomic E-state index is 12.0. The van der Waals surface area contributed by atoms with E-state index in [1.54, 1.807) is 7.05 Å². The molecule has 28 heavy (non-hydrogen) atoms. The zero-order chi connectivity index (χ0) is 20.1. The van der Waals surface area contributed by atoms with Crippen LogP contribution in [0.5, 0.6) is 0 Å². The molecule has 2 heterocycles. The van der Waals surface area contributed by atoms with Crippen LogP contribution in [0.25, 0.3) is 11.0 Å². The number of rotatable bonds is 4. The Kier molecular flexibility index (Phi) is 6.11. The van der Waals surface area contributed by atoms with Crippen molar-refractivity contribution in [2.24, 2.45) is 4.99 Å². The first-order valence-corrected chi connectivity index (χ1v) is 9.76. The van der Waals surface area contributed by atoms with E-state index in [1.807, 2.05) is 39.0 Å². The van der Waals surface area contributed by atoms with E-state index in [0.29, 0.717) is 6.54 Å². The fourth-order valence-electron chi connectivity index (χ4n) is 3.33. The molecule has 3 rings (SSSR count). The normalized spacial score (nSPS) is 17.8. The highest BCUT2D eigenvalue weighted by molar-refractivity contribution is 5.80. The Labute approximate surface area is 166 Å². The lowest BCUT2D eigenvalue weighted by Gasteiger charge is -2.23. The molecule has 1 atom stereocenters. The summed E-state index contributed by atoms with van der Waals surface area (Å²) in [5, 5.41) is 7.45. The summed E-state index contributed by atoms with van der Waals surface area (Å²) in [5.41, 5.74) is 0.425. The standard InChI is InChI=1S/C21H30N4O3/c1-21(2,3)28-20(26)24-16-10-12-25(14-16)19(22-4)23-11-9-17-13-15-7-5-6-8-18(15)27-17/h5-8,13,16H,9-12,14H2,1-4H3,(H,22,23)(H,24,26). The molecule has 1 saturated heterocycles. The molecular formula is C21H30N4O3. The zero-order valence-corrected chi connectivity index (χ0v) is 17.1. The van der Waals surface area contributed by atoms with Gasteiger partial charge in [-0.1, -0.05) is 18.2 Å². The molecule has 1 unspecified atom stereocenters. The molecule has 0 bridgehead atoms. The van der Waals surface area contributed by atoms with E-state index < -0.39 is 5.60 Å². The number of ether oxygens (including phenoxy) is 1. The van der Waals surface area contributed by atoms with E-state index in [-0.39, 0.29) is 12.1 Å². The minimum absolute atomic E-state index is 0.0590. The van der Waals surface area contributed by atoms with Gasteiger partial charge in [-0.05, 0) is 39.3 Å². The van der Waals surface area contributed by atoms with Crippen LogP contribution in [0.3, 0.4) is 0 Å². The summed E-state index contributed by atoms with van der Waals surface area (Å²) in [4.78, 5) is 18.5. The van der Waals surface area contributed by atoms with Gasteiger partial charge in [-0.2, -0.15) is 0 Å². The average Bonchev–Trinajstić information content (AvgIpc) is 3.23.